The van der Waals surface area contributed by atoms with E-state index in [0.29, 0.717) is 6.61 Å². The monoisotopic (exact) mass is 324 g/mol. The molecule has 0 fully saturated rings. The summed E-state index contributed by atoms with van der Waals surface area (Å²) in [5.74, 6) is -1.09. The molecule has 0 aliphatic rings. The van der Waals surface area contributed by atoms with E-state index in [1.807, 2.05) is 35.3 Å². The van der Waals surface area contributed by atoms with Crippen LogP contribution in [0.15, 0.2) is 46.1 Å². The Labute approximate surface area is 130 Å². The normalized spacial score (nSPS) is 12.3. The maximum absolute atomic E-state index is 13.1. The quantitative estimate of drug-likeness (QED) is 0.725. The Morgan fingerprint density at radius 1 is 1.26 bits per heavy atom. The van der Waals surface area contributed by atoms with E-state index in [0.717, 1.165) is 16.3 Å². The van der Waals surface area contributed by atoms with Crippen LogP contribution in [0.2, 0.25) is 0 Å². The number of nitrogens with zero attached hydrogens (tertiary/aromatic N) is 1. The minimum Gasteiger partial charge on any atom is -0.394 e. The molecule has 2 rings (SSSR count). The number of ether oxygens (including phenoxy) is 2. The van der Waals surface area contributed by atoms with Gasteiger partial charge in [0, 0.05) is 0 Å². The first-order valence-electron chi connectivity index (χ1n) is 6.93. The summed E-state index contributed by atoms with van der Waals surface area (Å²) in [4.78, 5) is 24.2. The fourth-order valence-electron chi connectivity index (χ4n) is 1.80. The number of rotatable bonds is 8. The van der Waals surface area contributed by atoms with E-state index in [9.17, 15) is 19.1 Å². The molecule has 0 bridgehead atoms. The van der Waals surface area contributed by atoms with Crippen LogP contribution >= 0.6 is 0 Å². The van der Waals surface area contributed by atoms with Gasteiger partial charge in [-0.3, -0.25) is 14.3 Å². The summed E-state index contributed by atoms with van der Waals surface area (Å²) in [6.07, 6.45) is 0.0704. The predicted molar refractivity (Wildman–Crippen MR) is 79.3 cm³/mol. The molecule has 1 aromatic carbocycles. The molecule has 1 unspecified atom stereocenters. The fourth-order valence-corrected chi connectivity index (χ4v) is 1.80. The smallest absolute Gasteiger partial charge is 0.330 e. The van der Waals surface area contributed by atoms with Crippen molar-refractivity contribution >= 4 is 0 Å². The van der Waals surface area contributed by atoms with E-state index in [4.69, 9.17) is 9.47 Å². The van der Waals surface area contributed by atoms with Crippen molar-refractivity contribution in [2.75, 3.05) is 13.2 Å². The topological polar surface area (TPSA) is 93.6 Å². The average Bonchev–Trinajstić information content (AvgIpc) is 2.56. The maximum atomic E-state index is 13.1. The molecule has 124 valence electrons. The Balaban J connectivity index is 1.84. The minimum absolute atomic E-state index is 0.103. The Morgan fingerprint density at radius 2 is 2.00 bits per heavy atom. The van der Waals surface area contributed by atoms with Crippen LogP contribution in [0, 0.1) is 5.82 Å². The molecule has 7 nitrogen and oxygen atoms in total. The summed E-state index contributed by atoms with van der Waals surface area (Å²) in [5.41, 5.74) is -0.905. The number of halogens is 1. The van der Waals surface area contributed by atoms with Crippen LogP contribution in [0.4, 0.5) is 4.39 Å². The lowest BCUT2D eigenvalue weighted by Crippen LogP contribution is -2.34. The zero-order valence-corrected chi connectivity index (χ0v) is 12.3. The second-order valence-electron chi connectivity index (χ2n) is 4.81. The first-order valence-corrected chi connectivity index (χ1v) is 6.93. The molecule has 23 heavy (non-hydrogen) atoms. The van der Waals surface area contributed by atoms with Gasteiger partial charge in [-0.2, -0.15) is 4.39 Å². The van der Waals surface area contributed by atoms with Crippen LogP contribution in [0.1, 0.15) is 5.56 Å². The first-order chi connectivity index (χ1) is 11.1. The largest absolute Gasteiger partial charge is 0.394 e. The number of aromatic amines is 1. The molecule has 2 N–H and O–H groups in total. The molecule has 1 heterocycles. The van der Waals surface area contributed by atoms with Gasteiger partial charge in [-0.25, -0.2) is 4.79 Å². The molecule has 1 atom stereocenters. The third-order valence-corrected chi connectivity index (χ3v) is 3.04. The van der Waals surface area contributed by atoms with Crippen LogP contribution in [-0.4, -0.2) is 34.0 Å². The highest BCUT2D eigenvalue weighted by Gasteiger charge is 2.10. The number of benzene rings is 1. The molecule has 0 radical (unpaired) electrons. The van der Waals surface area contributed by atoms with Crippen molar-refractivity contribution < 1.29 is 19.0 Å². The van der Waals surface area contributed by atoms with E-state index in [2.05, 4.69) is 0 Å². The van der Waals surface area contributed by atoms with E-state index in [1.54, 1.807) is 0 Å². The number of hydrogen-bond donors (Lipinski definition) is 2. The Kier molecular flexibility index (Phi) is 6.21. The molecule has 0 amide bonds. The van der Waals surface area contributed by atoms with Gasteiger partial charge in [-0.05, 0) is 5.56 Å². The van der Waals surface area contributed by atoms with Crippen LogP contribution in [0.5, 0.6) is 0 Å². The third kappa shape index (κ3) is 5.13. The number of aromatic nitrogens is 2. The van der Waals surface area contributed by atoms with Crippen LogP contribution in [0.3, 0.4) is 0 Å². The van der Waals surface area contributed by atoms with Crippen molar-refractivity contribution in [3.63, 3.8) is 0 Å². The average molecular weight is 324 g/mol. The molecule has 0 aliphatic carbocycles. The molecule has 0 saturated carbocycles. The molecular weight excluding hydrogens is 307 g/mol. The number of nitrogens with one attached hydrogen (secondary N) is 1. The summed E-state index contributed by atoms with van der Waals surface area (Å²) in [6, 6.07) is 9.46. The van der Waals surface area contributed by atoms with E-state index in [-0.39, 0.29) is 19.9 Å². The van der Waals surface area contributed by atoms with Gasteiger partial charge in [0.2, 0.25) is 5.82 Å². The maximum Gasteiger partial charge on any atom is 0.330 e. The summed E-state index contributed by atoms with van der Waals surface area (Å²) in [7, 11) is 0. The second kappa shape index (κ2) is 8.37. The van der Waals surface area contributed by atoms with Crippen molar-refractivity contribution in [3.8, 4) is 0 Å². The summed E-state index contributed by atoms with van der Waals surface area (Å²) in [6.45, 7) is -0.179. The standard InChI is InChI=1S/C15H17FN2O5/c16-13-6-18(15(21)17-14(13)20)10-23-12(7-19)9-22-8-11-4-2-1-3-5-11/h1-6,12,19H,7-10H2,(H,17,20,21). The lowest BCUT2D eigenvalue weighted by atomic mass is 10.2. The number of aliphatic hydroxyl groups excluding tert-OH is 1. The minimum atomic E-state index is -1.09. The lowest BCUT2D eigenvalue weighted by molar-refractivity contribution is -0.0719. The number of H-pyrrole nitrogens is 1. The zero-order chi connectivity index (χ0) is 16.7. The van der Waals surface area contributed by atoms with Crippen molar-refractivity contribution in [1.82, 2.24) is 9.55 Å². The van der Waals surface area contributed by atoms with Gasteiger partial charge in [0.25, 0.3) is 5.56 Å². The third-order valence-electron chi connectivity index (χ3n) is 3.04. The Bertz CT molecular complexity index is 729. The lowest BCUT2D eigenvalue weighted by Gasteiger charge is -2.16. The molecular formula is C15H17FN2O5. The second-order valence-corrected chi connectivity index (χ2v) is 4.81. The highest BCUT2D eigenvalue weighted by Crippen LogP contribution is 2.02. The number of hydrogen-bond acceptors (Lipinski definition) is 5. The highest BCUT2D eigenvalue weighted by atomic mass is 19.1. The molecule has 0 aliphatic heterocycles. The summed E-state index contributed by atoms with van der Waals surface area (Å²) >= 11 is 0. The van der Waals surface area contributed by atoms with Gasteiger partial charge in [-0.15, -0.1) is 0 Å². The zero-order valence-electron chi connectivity index (χ0n) is 12.3. The van der Waals surface area contributed by atoms with Crippen LogP contribution < -0.4 is 11.2 Å². The van der Waals surface area contributed by atoms with Crippen LogP contribution in [-0.2, 0) is 22.8 Å². The van der Waals surface area contributed by atoms with Gasteiger partial charge in [0.05, 0.1) is 26.0 Å². The molecule has 0 spiro atoms. The Hall–Kier alpha value is -2.29. The van der Waals surface area contributed by atoms with E-state index < -0.39 is 23.2 Å². The van der Waals surface area contributed by atoms with Gasteiger partial charge < -0.3 is 14.6 Å². The van der Waals surface area contributed by atoms with Crippen molar-refractivity contribution in [2.45, 2.75) is 19.4 Å². The van der Waals surface area contributed by atoms with Gasteiger partial charge >= 0.3 is 5.69 Å². The summed E-state index contributed by atoms with van der Waals surface area (Å²) < 4.78 is 24.7. The van der Waals surface area contributed by atoms with E-state index in [1.165, 1.54) is 0 Å². The fraction of sp³-hybridized carbons (Fsp3) is 0.333. The number of aliphatic hydroxyl groups is 1. The van der Waals surface area contributed by atoms with Crippen molar-refractivity contribution in [2.24, 2.45) is 0 Å². The summed E-state index contributed by atoms with van der Waals surface area (Å²) in [5, 5.41) is 9.24. The molecule has 2 aromatic rings. The SMILES string of the molecule is O=c1[nH]c(=O)n(COC(CO)COCc2ccccc2)cc1F. The van der Waals surface area contributed by atoms with E-state index >= 15 is 0 Å². The van der Waals surface area contributed by atoms with Gasteiger partial charge in [-0.1, -0.05) is 30.3 Å². The Morgan fingerprint density at radius 3 is 2.70 bits per heavy atom. The van der Waals surface area contributed by atoms with Crippen LogP contribution in [0.25, 0.3) is 0 Å². The molecule has 1 aromatic heterocycles. The predicted octanol–water partition coefficient (Wildman–Crippen LogP) is 0.228. The van der Waals surface area contributed by atoms with Crippen molar-refractivity contribution in [3.05, 3.63) is 68.7 Å². The van der Waals surface area contributed by atoms with Gasteiger partial charge in [0.15, 0.2) is 0 Å². The first kappa shape index (κ1) is 17.1. The molecule has 0 saturated heterocycles. The van der Waals surface area contributed by atoms with Gasteiger partial charge in [0.1, 0.15) is 12.8 Å². The van der Waals surface area contributed by atoms with Crippen molar-refractivity contribution in [1.29, 1.82) is 0 Å². The molecule has 8 heteroatoms. The highest BCUT2D eigenvalue weighted by molar-refractivity contribution is 5.13.